The van der Waals surface area contributed by atoms with Gasteiger partial charge in [-0.25, -0.2) is 8.42 Å². The van der Waals surface area contributed by atoms with E-state index in [1.807, 2.05) is 0 Å². The van der Waals surface area contributed by atoms with Gasteiger partial charge >= 0.3 is 0 Å². The third-order valence-electron chi connectivity index (χ3n) is 3.01. The normalized spacial score (nSPS) is 21.9. The summed E-state index contributed by atoms with van der Waals surface area (Å²) in [6.45, 7) is 0.550. The zero-order valence-electron chi connectivity index (χ0n) is 9.56. The Labute approximate surface area is 106 Å². The molecule has 6 heteroatoms. The molecule has 1 aliphatic rings. The third kappa shape index (κ3) is 2.56. The van der Waals surface area contributed by atoms with Crippen LogP contribution >= 0.6 is 11.6 Å². The lowest BCUT2D eigenvalue weighted by molar-refractivity contribution is 0.400. The molecule has 1 heterocycles. The van der Waals surface area contributed by atoms with E-state index in [-0.39, 0.29) is 6.04 Å². The van der Waals surface area contributed by atoms with Crippen LogP contribution in [0.1, 0.15) is 24.4 Å². The van der Waals surface area contributed by atoms with Gasteiger partial charge < -0.3 is 5.73 Å². The van der Waals surface area contributed by atoms with Crippen LogP contribution in [-0.2, 0) is 10.0 Å². The van der Waals surface area contributed by atoms with Crippen molar-refractivity contribution >= 4 is 27.3 Å². The summed E-state index contributed by atoms with van der Waals surface area (Å²) in [4.78, 5) is 0. The molecule has 0 radical (unpaired) electrons. The maximum absolute atomic E-state index is 11.7. The molecule has 1 aromatic rings. The van der Waals surface area contributed by atoms with E-state index in [1.54, 1.807) is 18.2 Å². The topological polar surface area (TPSA) is 63.4 Å². The number of rotatable bonds is 2. The fraction of sp³-hybridized carbons (Fsp3) is 0.455. The second kappa shape index (κ2) is 4.48. The lowest BCUT2D eigenvalue weighted by Gasteiger charge is -2.23. The Balaban J connectivity index is 2.42. The first-order valence-electron chi connectivity index (χ1n) is 5.41. The summed E-state index contributed by atoms with van der Waals surface area (Å²) in [7, 11) is -3.20. The van der Waals surface area contributed by atoms with Crippen LogP contribution in [0.5, 0.6) is 0 Å². The van der Waals surface area contributed by atoms with Crippen molar-refractivity contribution in [3.05, 3.63) is 28.8 Å². The fourth-order valence-electron chi connectivity index (χ4n) is 2.27. The van der Waals surface area contributed by atoms with Crippen LogP contribution < -0.4 is 5.73 Å². The zero-order chi connectivity index (χ0) is 12.6. The van der Waals surface area contributed by atoms with Crippen LogP contribution in [0.4, 0.5) is 5.69 Å². The van der Waals surface area contributed by atoms with Crippen LogP contribution in [-0.4, -0.2) is 25.5 Å². The van der Waals surface area contributed by atoms with Gasteiger partial charge in [-0.1, -0.05) is 11.6 Å². The van der Waals surface area contributed by atoms with Crippen molar-refractivity contribution in [1.82, 2.24) is 4.31 Å². The Bertz CT molecular complexity index is 530. The predicted octanol–water partition coefficient (Wildman–Crippen LogP) is 2.02. The lowest BCUT2D eigenvalue weighted by Crippen LogP contribution is -2.29. The lowest BCUT2D eigenvalue weighted by atomic mass is 10.0. The zero-order valence-corrected chi connectivity index (χ0v) is 11.1. The molecule has 2 rings (SSSR count). The molecule has 17 heavy (non-hydrogen) atoms. The van der Waals surface area contributed by atoms with Crippen molar-refractivity contribution in [3.8, 4) is 0 Å². The molecule has 0 bridgehead atoms. The number of hydrogen-bond acceptors (Lipinski definition) is 3. The summed E-state index contributed by atoms with van der Waals surface area (Å²) < 4.78 is 24.8. The van der Waals surface area contributed by atoms with Gasteiger partial charge in [-0.05, 0) is 36.6 Å². The van der Waals surface area contributed by atoms with Crippen LogP contribution in [0.3, 0.4) is 0 Å². The maximum Gasteiger partial charge on any atom is 0.211 e. The smallest absolute Gasteiger partial charge is 0.211 e. The van der Waals surface area contributed by atoms with E-state index in [0.29, 0.717) is 17.3 Å². The van der Waals surface area contributed by atoms with Crippen molar-refractivity contribution in [2.24, 2.45) is 0 Å². The highest BCUT2D eigenvalue weighted by molar-refractivity contribution is 7.88. The molecule has 1 fully saturated rings. The van der Waals surface area contributed by atoms with Gasteiger partial charge in [-0.2, -0.15) is 4.31 Å². The summed E-state index contributed by atoms with van der Waals surface area (Å²) in [5.74, 6) is 0. The molecule has 0 spiro atoms. The van der Waals surface area contributed by atoms with Gasteiger partial charge in [0, 0.05) is 17.3 Å². The number of hydrogen-bond donors (Lipinski definition) is 1. The van der Waals surface area contributed by atoms with Gasteiger partial charge in [-0.15, -0.1) is 0 Å². The van der Waals surface area contributed by atoms with Gasteiger partial charge in [0.05, 0.1) is 12.3 Å². The van der Waals surface area contributed by atoms with Gasteiger partial charge in [-0.3, -0.25) is 0 Å². The summed E-state index contributed by atoms with van der Waals surface area (Å²) in [6.07, 6.45) is 2.87. The molecule has 94 valence electrons. The van der Waals surface area contributed by atoms with E-state index in [9.17, 15) is 8.42 Å². The van der Waals surface area contributed by atoms with E-state index in [1.165, 1.54) is 10.6 Å². The van der Waals surface area contributed by atoms with E-state index < -0.39 is 10.0 Å². The second-order valence-corrected chi connectivity index (χ2v) is 6.65. The highest BCUT2D eigenvalue weighted by Crippen LogP contribution is 2.37. The Kier molecular flexibility index (Phi) is 3.34. The van der Waals surface area contributed by atoms with E-state index in [2.05, 4.69) is 0 Å². The summed E-state index contributed by atoms with van der Waals surface area (Å²) in [6, 6.07) is 5.01. The quantitative estimate of drug-likeness (QED) is 0.839. The molecule has 1 atom stereocenters. The minimum absolute atomic E-state index is 0.180. The number of sulfonamides is 1. The number of nitrogens with two attached hydrogens (primary N) is 1. The number of anilines is 1. The first-order valence-corrected chi connectivity index (χ1v) is 7.64. The highest BCUT2D eigenvalue weighted by atomic mass is 35.5. The molecule has 1 saturated heterocycles. The molecule has 1 aliphatic heterocycles. The Morgan fingerprint density at radius 1 is 1.47 bits per heavy atom. The van der Waals surface area contributed by atoms with Crippen LogP contribution in [0.25, 0.3) is 0 Å². The van der Waals surface area contributed by atoms with Gasteiger partial charge in [0.1, 0.15) is 0 Å². The van der Waals surface area contributed by atoms with Crippen molar-refractivity contribution < 1.29 is 8.42 Å². The minimum atomic E-state index is -3.20. The fourth-order valence-corrected chi connectivity index (χ4v) is 3.65. The first-order chi connectivity index (χ1) is 7.89. The maximum atomic E-state index is 11.7. The van der Waals surface area contributed by atoms with E-state index in [0.717, 1.165) is 18.4 Å². The molecule has 1 unspecified atom stereocenters. The summed E-state index contributed by atoms with van der Waals surface area (Å²) in [5.41, 5.74) is 7.13. The molecule has 0 aliphatic carbocycles. The summed E-state index contributed by atoms with van der Waals surface area (Å²) >= 11 is 6.11. The average Bonchev–Trinajstić information content (AvgIpc) is 2.69. The van der Waals surface area contributed by atoms with Crippen LogP contribution in [0, 0.1) is 0 Å². The molecular formula is C11H15ClN2O2S. The van der Waals surface area contributed by atoms with Gasteiger partial charge in [0.15, 0.2) is 0 Å². The standard InChI is InChI=1S/C11H15ClN2O2S/c1-17(15,16)14-6-2-3-11(14)9-7-8(13)4-5-10(9)12/h4-5,7,11H,2-3,6,13H2,1H3. The number of benzene rings is 1. The third-order valence-corrected chi connectivity index (χ3v) is 4.64. The molecule has 1 aromatic carbocycles. The van der Waals surface area contributed by atoms with Gasteiger partial charge in [0.25, 0.3) is 0 Å². The largest absolute Gasteiger partial charge is 0.399 e. The number of nitrogens with zero attached hydrogens (tertiary/aromatic N) is 1. The van der Waals surface area contributed by atoms with Gasteiger partial charge in [0.2, 0.25) is 10.0 Å². The van der Waals surface area contributed by atoms with Crippen molar-refractivity contribution in [2.75, 3.05) is 18.5 Å². The number of halogens is 1. The molecule has 0 amide bonds. The molecular weight excluding hydrogens is 260 g/mol. The minimum Gasteiger partial charge on any atom is -0.399 e. The molecule has 0 aromatic heterocycles. The molecule has 4 nitrogen and oxygen atoms in total. The average molecular weight is 275 g/mol. The monoisotopic (exact) mass is 274 g/mol. The predicted molar refractivity (Wildman–Crippen MR) is 69.4 cm³/mol. The van der Waals surface area contributed by atoms with Crippen LogP contribution in [0.15, 0.2) is 18.2 Å². The Hall–Kier alpha value is -0.780. The second-order valence-electron chi connectivity index (χ2n) is 4.31. The molecule has 2 N–H and O–H groups in total. The molecule has 0 saturated carbocycles. The van der Waals surface area contributed by atoms with Crippen molar-refractivity contribution in [2.45, 2.75) is 18.9 Å². The summed E-state index contributed by atoms with van der Waals surface area (Å²) in [5, 5.41) is 0.569. The Morgan fingerprint density at radius 2 is 2.18 bits per heavy atom. The van der Waals surface area contributed by atoms with E-state index >= 15 is 0 Å². The highest BCUT2D eigenvalue weighted by Gasteiger charge is 2.33. The van der Waals surface area contributed by atoms with Crippen molar-refractivity contribution in [1.29, 1.82) is 0 Å². The Morgan fingerprint density at radius 3 is 2.82 bits per heavy atom. The number of nitrogen functional groups attached to an aromatic ring is 1. The van der Waals surface area contributed by atoms with E-state index in [4.69, 9.17) is 17.3 Å². The van der Waals surface area contributed by atoms with Crippen molar-refractivity contribution in [3.63, 3.8) is 0 Å². The van der Waals surface area contributed by atoms with Crippen LogP contribution in [0.2, 0.25) is 5.02 Å². The first kappa shape index (κ1) is 12.7. The SMILES string of the molecule is CS(=O)(=O)N1CCCC1c1cc(N)ccc1Cl.